The van der Waals surface area contributed by atoms with Gasteiger partial charge in [-0.2, -0.15) is 5.10 Å². The van der Waals surface area contributed by atoms with Gasteiger partial charge in [0.1, 0.15) is 5.75 Å². The number of phenolic OH excluding ortho intramolecular Hbond substituents is 1. The highest BCUT2D eigenvalue weighted by molar-refractivity contribution is 8.01. The van der Waals surface area contributed by atoms with E-state index in [0.29, 0.717) is 5.75 Å². The number of benzene rings is 2. The second kappa shape index (κ2) is 9.01. The van der Waals surface area contributed by atoms with Crippen LogP contribution in [0.5, 0.6) is 5.75 Å². The lowest BCUT2D eigenvalue weighted by Crippen LogP contribution is -2.20. The number of hydrogen-bond donors (Lipinski definition) is 2. The minimum absolute atomic E-state index is 0.189. The molecule has 0 aliphatic heterocycles. The van der Waals surface area contributed by atoms with Crippen LogP contribution in [0.25, 0.3) is 10.2 Å². The largest absolute Gasteiger partial charge is 0.507 e. The van der Waals surface area contributed by atoms with E-state index in [1.807, 2.05) is 36.4 Å². The predicted octanol–water partition coefficient (Wildman–Crippen LogP) is 5.84. The Hall–Kier alpha value is -2.38. The lowest BCUT2D eigenvalue weighted by Gasteiger charge is -2.27. The standard InChI is InChI=1S/C24H29N3O2S2/c1-23(2,3)16-11-15(12-17(21(16)29)24(4,5)6)13-25-27-20(28)14-30-22-26-18-9-7-8-10-19(18)31-22/h7-13,29H,14H2,1-6H3,(H,27,28). The molecule has 2 aromatic carbocycles. The van der Waals surface area contributed by atoms with Gasteiger partial charge in [-0.05, 0) is 40.7 Å². The Morgan fingerprint density at radius 1 is 1.13 bits per heavy atom. The van der Waals surface area contributed by atoms with Crippen LogP contribution in [-0.4, -0.2) is 28.0 Å². The molecule has 0 fully saturated rings. The Balaban J connectivity index is 1.68. The first-order valence-corrected chi connectivity index (χ1v) is 11.9. The van der Waals surface area contributed by atoms with Crippen LogP contribution in [0.15, 0.2) is 45.8 Å². The topological polar surface area (TPSA) is 74.6 Å². The summed E-state index contributed by atoms with van der Waals surface area (Å²) in [7, 11) is 0. The molecule has 1 amide bonds. The van der Waals surface area contributed by atoms with Crippen molar-refractivity contribution in [3.63, 3.8) is 0 Å². The number of aromatic hydroxyl groups is 1. The normalized spacial score (nSPS) is 12.6. The van der Waals surface area contributed by atoms with E-state index < -0.39 is 0 Å². The third-order valence-electron chi connectivity index (χ3n) is 4.75. The number of thiazole rings is 1. The molecule has 0 aliphatic carbocycles. The molecule has 3 aromatic rings. The SMILES string of the molecule is CC(C)(C)c1cc(C=NNC(=O)CSc2nc3ccccc3s2)cc(C(C)(C)C)c1O. The molecule has 5 nitrogen and oxygen atoms in total. The monoisotopic (exact) mass is 455 g/mol. The van der Waals surface area contributed by atoms with Crippen molar-refractivity contribution in [2.75, 3.05) is 5.75 Å². The minimum Gasteiger partial charge on any atom is -0.507 e. The first-order valence-electron chi connectivity index (χ1n) is 10.1. The quantitative estimate of drug-likeness (QED) is 0.288. The van der Waals surface area contributed by atoms with Crippen LogP contribution in [0.4, 0.5) is 0 Å². The number of para-hydroxylation sites is 1. The van der Waals surface area contributed by atoms with E-state index in [4.69, 9.17) is 0 Å². The van der Waals surface area contributed by atoms with Crippen LogP contribution in [0.3, 0.4) is 0 Å². The van der Waals surface area contributed by atoms with Crippen molar-refractivity contribution < 1.29 is 9.90 Å². The van der Waals surface area contributed by atoms with E-state index in [9.17, 15) is 9.90 Å². The van der Waals surface area contributed by atoms with Crippen molar-refractivity contribution in [2.45, 2.75) is 56.7 Å². The summed E-state index contributed by atoms with van der Waals surface area (Å²) in [6.45, 7) is 12.4. The van der Waals surface area contributed by atoms with Crippen molar-refractivity contribution in [1.29, 1.82) is 0 Å². The Morgan fingerprint density at radius 3 is 2.32 bits per heavy atom. The molecule has 0 atom stereocenters. The number of thioether (sulfide) groups is 1. The number of carbonyl (C=O) groups excluding carboxylic acids is 1. The number of nitrogens with zero attached hydrogens (tertiary/aromatic N) is 2. The fraction of sp³-hybridized carbons (Fsp3) is 0.375. The van der Waals surface area contributed by atoms with Crippen LogP contribution in [0.2, 0.25) is 0 Å². The molecule has 0 saturated heterocycles. The maximum atomic E-state index is 12.2. The van der Waals surface area contributed by atoms with Crippen molar-refractivity contribution in [2.24, 2.45) is 5.10 Å². The van der Waals surface area contributed by atoms with Crippen molar-refractivity contribution in [3.05, 3.63) is 53.1 Å². The fourth-order valence-electron chi connectivity index (χ4n) is 3.13. The minimum atomic E-state index is -0.217. The Bertz CT molecular complexity index is 1050. The highest BCUT2D eigenvalue weighted by Crippen LogP contribution is 2.39. The predicted molar refractivity (Wildman–Crippen MR) is 132 cm³/mol. The molecule has 0 saturated carbocycles. The number of rotatable bonds is 5. The molecule has 31 heavy (non-hydrogen) atoms. The maximum absolute atomic E-state index is 12.2. The molecule has 0 bridgehead atoms. The summed E-state index contributed by atoms with van der Waals surface area (Å²) in [5.41, 5.74) is 5.67. The van der Waals surface area contributed by atoms with E-state index in [1.165, 1.54) is 11.8 Å². The van der Waals surface area contributed by atoms with Gasteiger partial charge in [-0.3, -0.25) is 4.79 Å². The zero-order valence-electron chi connectivity index (χ0n) is 18.8. The first-order chi connectivity index (χ1) is 14.4. The molecule has 3 rings (SSSR count). The zero-order chi connectivity index (χ0) is 22.8. The van der Waals surface area contributed by atoms with Crippen molar-refractivity contribution in [1.82, 2.24) is 10.4 Å². The van der Waals surface area contributed by atoms with Crippen LogP contribution in [0, 0.1) is 0 Å². The number of hydrazone groups is 1. The summed E-state index contributed by atoms with van der Waals surface area (Å²) in [6.07, 6.45) is 1.63. The maximum Gasteiger partial charge on any atom is 0.250 e. The molecule has 0 spiro atoms. The van der Waals surface area contributed by atoms with Crippen molar-refractivity contribution in [3.8, 4) is 5.75 Å². The summed E-state index contributed by atoms with van der Waals surface area (Å²) >= 11 is 2.98. The molecule has 0 aliphatic rings. The van der Waals surface area contributed by atoms with Crippen LogP contribution >= 0.6 is 23.1 Å². The molecule has 0 radical (unpaired) electrons. The second-order valence-corrected chi connectivity index (χ2v) is 11.7. The zero-order valence-corrected chi connectivity index (χ0v) is 20.4. The van der Waals surface area contributed by atoms with Gasteiger partial charge in [0.2, 0.25) is 0 Å². The molecular weight excluding hydrogens is 426 g/mol. The smallest absolute Gasteiger partial charge is 0.250 e. The Morgan fingerprint density at radius 2 is 1.74 bits per heavy atom. The summed E-state index contributed by atoms with van der Waals surface area (Å²) in [5, 5.41) is 14.9. The van der Waals surface area contributed by atoms with Gasteiger partial charge in [-0.1, -0.05) is 65.4 Å². The average Bonchev–Trinajstić information content (AvgIpc) is 3.08. The summed E-state index contributed by atoms with van der Waals surface area (Å²) < 4.78 is 1.98. The van der Waals surface area contributed by atoms with E-state index in [0.717, 1.165) is 31.2 Å². The van der Waals surface area contributed by atoms with Gasteiger partial charge >= 0.3 is 0 Å². The number of fused-ring (bicyclic) bond motifs is 1. The van der Waals surface area contributed by atoms with Gasteiger partial charge in [0, 0.05) is 11.1 Å². The molecule has 0 unspecified atom stereocenters. The van der Waals surface area contributed by atoms with Crippen LogP contribution in [-0.2, 0) is 15.6 Å². The molecule has 164 valence electrons. The van der Waals surface area contributed by atoms with Gasteiger partial charge in [-0.25, -0.2) is 10.4 Å². The third kappa shape index (κ3) is 5.86. The fourth-order valence-corrected chi connectivity index (χ4v) is 4.99. The van der Waals surface area contributed by atoms with Crippen LogP contribution < -0.4 is 5.43 Å². The molecular formula is C24H29N3O2S2. The van der Waals surface area contributed by atoms with Crippen molar-refractivity contribution >= 4 is 45.4 Å². The van der Waals surface area contributed by atoms with E-state index in [-0.39, 0.29) is 22.5 Å². The first kappa shape index (κ1) is 23.3. The number of hydrogen-bond acceptors (Lipinski definition) is 6. The number of nitrogens with one attached hydrogen (secondary N) is 1. The second-order valence-electron chi connectivity index (χ2n) is 9.49. The highest BCUT2D eigenvalue weighted by atomic mass is 32.2. The molecule has 2 N–H and O–H groups in total. The summed E-state index contributed by atoms with van der Waals surface area (Å²) in [4.78, 5) is 16.7. The lowest BCUT2D eigenvalue weighted by molar-refractivity contribution is -0.118. The van der Waals surface area contributed by atoms with Gasteiger partial charge in [0.05, 0.1) is 22.2 Å². The summed E-state index contributed by atoms with van der Waals surface area (Å²) in [5.74, 6) is 0.382. The molecule has 1 aromatic heterocycles. The van der Waals surface area contributed by atoms with Gasteiger partial charge in [0.15, 0.2) is 4.34 Å². The third-order valence-corrected chi connectivity index (χ3v) is 6.93. The lowest BCUT2D eigenvalue weighted by atomic mass is 9.78. The van der Waals surface area contributed by atoms with E-state index in [2.05, 4.69) is 57.1 Å². The molecule has 7 heteroatoms. The van der Waals surface area contributed by atoms with Gasteiger partial charge in [0.25, 0.3) is 5.91 Å². The number of amides is 1. The average molecular weight is 456 g/mol. The Kier molecular flexibility index (Phi) is 6.76. The summed E-state index contributed by atoms with van der Waals surface area (Å²) in [6, 6.07) is 11.8. The van der Waals surface area contributed by atoms with E-state index >= 15 is 0 Å². The van der Waals surface area contributed by atoms with Gasteiger partial charge < -0.3 is 5.11 Å². The molecule has 1 heterocycles. The number of phenols is 1. The number of aromatic nitrogens is 1. The van der Waals surface area contributed by atoms with Crippen LogP contribution in [0.1, 0.15) is 58.2 Å². The van der Waals surface area contributed by atoms with Gasteiger partial charge in [-0.15, -0.1) is 11.3 Å². The highest BCUT2D eigenvalue weighted by Gasteiger charge is 2.26. The number of carbonyl (C=O) groups is 1. The van der Waals surface area contributed by atoms with E-state index in [1.54, 1.807) is 17.6 Å². The Labute approximate surface area is 192 Å².